The fraction of sp³-hybridized carbons (Fsp3) is 0.176. The number of primary amides is 1. The first-order chi connectivity index (χ1) is 10.1. The monoisotopic (exact) mass is 281 g/mol. The van der Waals surface area contributed by atoms with Crippen molar-refractivity contribution in [2.75, 3.05) is 6.54 Å². The summed E-state index contributed by atoms with van der Waals surface area (Å²) in [6, 6.07) is 12.2. The summed E-state index contributed by atoms with van der Waals surface area (Å²) in [5.74, 6) is -0.672. The average Bonchev–Trinajstić information content (AvgIpc) is 3.23. The smallest absolute Gasteiger partial charge is 0.289 e. The van der Waals surface area contributed by atoms with Crippen molar-refractivity contribution in [3.63, 3.8) is 0 Å². The summed E-state index contributed by atoms with van der Waals surface area (Å²) in [5, 5.41) is 0. The number of nitrogens with zero attached hydrogens (tertiary/aromatic N) is 1. The molecule has 21 heavy (non-hydrogen) atoms. The highest BCUT2D eigenvalue weighted by atomic mass is 19.1. The van der Waals surface area contributed by atoms with Crippen molar-refractivity contribution >= 4 is 12.1 Å². The average molecular weight is 281 g/mol. The maximum atomic E-state index is 13.2. The molecule has 2 heterocycles. The fourth-order valence-electron chi connectivity index (χ4n) is 3.31. The first-order valence-corrected chi connectivity index (χ1v) is 6.93. The van der Waals surface area contributed by atoms with Gasteiger partial charge < -0.3 is 5.73 Å². The van der Waals surface area contributed by atoms with E-state index in [1.54, 1.807) is 18.2 Å². The normalized spacial score (nSPS) is 22.0. The summed E-state index contributed by atoms with van der Waals surface area (Å²) >= 11 is 0. The minimum absolute atomic E-state index is 0.246. The molecule has 4 rings (SSSR count). The molecule has 0 spiro atoms. The zero-order valence-electron chi connectivity index (χ0n) is 11.3. The summed E-state index contributed by atoms with van der Waals surface area (Å²) in [5.41, 5.74) is 8.90. The molecule has 104 valence electrons. The number of carbonyl (C=O) groups excluding carboxylic acids is 1. The van der Waals surface area contributed by atoms with Gasteiger partial charge in [-0.1, -0.05) is 6.07 Å². The molecule has 0 saturated carbocycles. The quantitative estimate of drug-likeness (QED) is 0.839. The van der Waals surface area contributed by atoms with Crippen LogP contribution in [0, 0.1) is 5.82 Å². The number of benzene rings is 2. The van der Waals surface area contributed by atoms with Gasteiger partial charge in [0.15, 0.2) is 0 Å². The lowest BCUT2D eigenvalue weighted by molar-refractivity contribution is -0.505. The largest absolute Gasteiger partial charge is 0.366 e. The van der Waals surface area contributed by atoms with Gasteiger partial charge in [0.25, 0.3) is 5.54 Å². The Balaban J connectivity index is 1.89. The molecule has 0 radical (unpaired) electrons. The highest BCUT2D eigenvalue weighted by molar-refractivity contribution is 5.94. The molecule has 0 bridgehead atoms. The second-order valence-electron chi connectivity index (χ2n) is 5.58. The Labute approximate surface area is 121 Å². The lowest BCUT2D eigenvalue weighted by Gasteiger charge is -2.20. The second-order valence-corrected chi connectivity index (χ2v) is 5.58. The number of amides is 1. The molecular weight excluding hydrogens is 267 g/mol. The van der Waals surface area contributed by atoms with Gasteiger partial charge in [0.05, 0.1) is 0 Å². The third kappa shape index (κ3) is 1.65. The van der Waals surface area contributed by atoms with Gasteiger partial charge in [-0.25, -0.2) is 8.97 Å². The van der Waals surface area contributed by atoms with Gasteiger partial charge in [-0.3, -0.25) is 4.79 Å². The predicted molar refractivity (Wildman–Crippen MR) is 77.0 cm³/mol. The number of hydrogen-bond acceptors (Lipinski definition) is 1. The number of hydrogen-bond donors (Lipinski definition) is 1. The molecule has 2 aliphatic rings. The van der Waals surface area contributed by atoms with E-state index in [0.29, 0.717) is 5.56 Å². The number of rotatable bonds is 2. The van der Waals surface area contributed by atoms with E-state index in [4.69, 9.17) is 5.73 Å². The first kappa shape index (κ1) is 12.3. The lowest BCUT2D eigenvalue weighted by Crippen LogP contribution is -2.30. The molecule has 2 aromatic carbocycles. The molecule has 2 aromatic rings. The first-order valence-electron chi connectivity index (χ1n) is 6.93. The van der Waals surface area contributed by atoms with Crippen molar-refractivity contribution in [3.05, 3.63) is 70.5 Å². The van der Waals surface area contributed by atoms with Crippen LogP contribution in [0.3, 0.4) is 0 Å². The molecule has 0 saturated heterocycles. The van der Waals surface area contributed by atoms with Crippen LogP contribution in [0.2, 0.25) is 0 Å². The maximum absolute atomic E-state index is 13.2. The van der Waals surface area contributed by atoms with E-state index in [-0.39, 0.29) is 11.4 Å². The summed E-state index contributed by atoms with van der Waals surface area (Å²) in [7, 11) is 0. The summed E-state index contributed by atoms with van der Waals surface area (Å²) < 4.78 is 15.4. The minimum atomic E-state index is -0.426. The van der Waals surface area contributed by atoms with Crippen molar-refractivity contribution < 1.29 is 13.8 Å². The van der Waals surface area contributed by atoms with Crippen molar-refractivity contribution in [1.29, 1.82) is 0 Å². The van der Waals surface area contributed by atoms with Crippen LogP contribution >= 0.6 is 0 Å². The highest BCUT2D eigenvalue weighted by Gasteiger charge is 2.61. The summed E-state index contributed by atoms with van der Waals surface area (Å²) in [6.45, 7) is 0.931. The van der Waals surface area contributed by atoms with Crippen LogP contribution in [0.4, 0.5) is 4.39 Å². The Bertz CT molecular complexity index is 795. The molecule has 1 atom stereocenters. The van der Waals surface area contributed by atoms with Crippen molar-refractivity contribution in [2.24, 2.45) is 5.73 Å². The molecule has 3 nitrogen and oxygen atoms in total. The Morgan fingerprint density at radius 1 is 1.19 bits per heavy atom. The van der Waals surface area contributed by atoms with Gasteiger partial charge in [-0.15, -0.1) is 0 Å². The van der Waals surface area contributed by atoms with Crippen LogP contribution in [-0.4, -0.2) is 23.2 Å². The third-order valence-electron chi connectivity index (χ3n) is 4.44. The number of carbonyl (C=O) groups is 1. The fourth-order valence-corrected chi connectivity index (χ4v) is 3.31. The van der Waals surface area contributed by atoms with Crippen molar-refractivity contribution in [3.8, 4) is 0 Å². The standard InChI is InChI=1S/C17H13FN2O/c18-14-5-3-13(4-6-14)17-10-20(17)8-7-11-1-2-12(16(19)21)9-15(11)17/h1-6,9-10H,7-8H2,(H-,19,21)/p+1/t17-/m0/s1. The number of nitrogens with two attached hydrogens (primary N) is 1. The van der Waals surface area contributed by atoms with Crippen molar-refractivity contribution in [2.45, 2.75) is 12.0 Å². The predicted octanol–water partition coefficient (Wildman–Crippen LogP) is 1.82. The van der Waals surface area contributed by atoms with Crippen LogP contribution in [0.5, 0.6) is 0 Å². The zero-order chi connectivity index (χ0) is 14.6. The van der Waals surface area contributed by atoms with E-state index in [0.717, 1.165) is 24.1 Å². The number of fused-ring (bicyclic) bond motifs is 3. The van der Waals surface area contributed by atoms with Gasteiger partial charge in [-0.2, -0.15) is 0 Å². The molecule has 4 heteroatoms. The molecule has 2 N–H and O–H groups in total. The molecule has 1 amide bonds. The van der Waals surface area contributed by atoms with Crippen molar-refractivity contribution in [1.82, 2.24) is 0 Å². The third-order valence-corrected chi connectivity index (χ3v) is 4.44. The SMILES string of the molecule is NC(=O)c1ccc2c(c1)[C@@]1(c3ccc(F)cc3)C=[N+]1CC2. The maximum Gasteiger partial charge on any atom is 0.289 e. The van der Waals surface area contributed by atoms with E-state index < -0.39 is 5.91 Å². The zero-order valence-corrected chi connectivity index (χ0v) is 11.3. The van der Waals surface area contributed by atoms with Gasteiger partial charge in [0.1, 0.15) is 12.4 Å². The molecule has 0 aliphatic carbocycles. The van der Waals surface area contributed by atoms with Crippen LogP contribution in [0.25, 0.3) is 0 Å². The topological polar surface area (TPSA) is 46.1 Å². The van der Waals surface area contributed by atoms with E-state index in [2.05, 4.69) is 10.8 Å². The van der Waals surface area contributed by atoms with Gasteiger partial charge >= 0.3 is 0 Å². The van der Waals surface area contributed by atoms with E-state index in [1.807, 2.05) is 12.1 Å². The molecule has 0 aromatic heterocycles. The van der Waals surface area contributed by atoms with E-state index in [1.165, 1.54) is 17.7 Å². The van der Waals surface area contributed by atoms with Crippen LogP contribution in [0.15, 0.2) is 42.5 Å². The van der Waals surface area contributed by atoms with E-state index >= 15 is 0 Å². The van der Waals surface area contributed by atoms with E-state index in [9.17, 15) is 9.18 Å². The lowest BCUT2D eigenvalue weighted by atomic mass is 9.82. The van der Waals surface area contributed by atoms with Crippen LogP contribution < -0.4 is 5.73 Å². The Hall–Kier alpha value is -2.49. The Morgan fingerprint density at radius 2 is 1.95 bits per heavy atom. The molecular formula is C17H14FN2O+. The van der Waals surface area contributed by atoms with Crippen LogP contribution in [0.1, 0.15) is 27.0 Å². The Kier molecular flexibility index (Phi) is 2.34. The molecule has 2 aliphatic heterocycles. The van der Waals surface area contributed by atoms with Gasteiger partial charge in [0, 0.05) is 23.1 Å². The molecule has 0 fully saturated rings. The minimum Gasteiger partial charge on any atom is -0.366 e. The number of halogens is 1. The summed E-state index contributed by atoms with van der Waals surface area (Å²) in [4.78, 5) is 11.4. The molecule has 0 unspecified atom stereocenters. The Morgan fingerprint density at radius 3 is 2.67 bits per heavy atom. The second kappa shape index (κ2) is 4.01. The summed E-state index contributed by atoms with van der Waals surface area (Å²) in [6.07, 6.45) is 3.07. The van der Waals surface area contributed by atoms with Crippen LogP contribution in [-0.2, 0) is 12.0 Å². The van der Waals surface area contributed by atoms with Gasteiger partial charge in [0.2, 0.25) is 12.1 Å². The van der Waals surface area contributed by atoms with Gasteiger partial charge in [-0.05, 0) is 42.0 Å². The highest BCUT2D eigenvalue weighted by Crippen LogP contribution is 2.44.